The SMILES string of the molecule is C=COc1ccc[nH]1. The molecule has 2 nitrogen and oxygen atoms in total. The Bertz CT molecular complexity index is 155. The summed E-state index contributed by atoms with van der Waals surface area (Å²) in [7, 11) is 0. The van der Waals surface area contributed by atoms with Gasteiger partial charge in [0, 0.05) is 12.3 Å². The van der Waals surface area contributed by atoms with Crippen LogP contribution in [0.5, 0.6) is 5.88 Å². The van der Waals surface area contributed by atoms with Crippen molar-refractivity contribution in [3.8, 4) is 5.88 Å². The largest absolute Gasteiger partial charge is 0.449 e. The first-order valence-corrected chi connectivity index (χ1v) is 2.34. The van der Waals surface area contributed by atoms with Crippen LogP contribution in [0.4, 0.5) is 0 Å². The molecule has 0 saturated heterocycles. The van der Waals surface area contributed by atoms with Crippen LogP contribution in [0.3, 0.4) is 0 Å². The summed E-state index contributed by atoms with van der Waals surface area (Å²) in [6, 6.07) is 3.68. The Morgan fingerprint density at radius 1 is 1.75 bits per heavy atom. The lowest BCUT2D eigenvalue weighted by Crippen LogP contribution is -1.76. The Hall–Kier alpha value is -1.18. The molecule has 0 aliphatic heterocycles. The van der Waals surface area contributed by atoms with E-state index in [2.05, 4.69) is 11.6 Å². The van der Waals surface area contributed by atoms with Gasteiger partial charge in [-0.3, -0.25) is 0 Å². The van der Waals surface area contributed by atoms with Crippen molar-refractivity contribution in [1.82, 2.24) is 4.98 Å². The van der Waals surface area contributed by atoms with Crippen LogP contribution in [-0.2, 0) is 0 Å². The first-order chi connectivity index (χ1) is 3.93. The van der Waals surface area contributed by atoms with Gasteiger partial charge >= 0.3 is 0 Å². The van der Waals surface area contributed by atoms with E-state index in [1.54, 1.807) is 6.20 Å². The third kappa shape index (κ3) is 0.904. The van der Waals surface area contributed by atoms with E-state index in [1.165, 1.54) is 6.26 Å². The fourth-order valence-electron chi connectivity index (χ4n) is 0.477. The summed E-state index contributed by atoms with van der Waals surface area (Å²) in [5, 5.41) is 0. The van der Waals surface area contributed by atoms with Gasteiger partial charge in [-0.1, -0.05) is 6.58 Å². The highest BCUT2D eigenvalue weighted by molar-refractivity contribution is 5.10. The van der Waals surface area contributed by atoms with Gasteiger partial charge in [-0.15, -0.1) is 0 Å². The Balaban J connectivity index is 2.62. The summed E-state index contributed by atoms with van der Waals surface area (Å²) in [4.78, 5) is 2.84. The molecule has 2 heteroatoms. The molecule has 0 radical (unpaired) electrons. The summed E-state index contributed by atoms with van der Waals surface area (Å²) < 4.78 is 4.85. The van der Waals surface area contributed by atoms with Crippen LogP contribution < -0.4 is 4.74 Å². The van der Waals surface area contributed by atoms with E-state index in [0.717, 1.165) is 5.88 Å². The molecule has 1 N–H and O–H groups in total. The van der Waals surface area contributed by atoms with Crippen LogP contribution >= 0.6 is 0 Å². The zero-order valence-corrected chi connectivity index (χ0v) is 4.42. The molecule has 0 aliphatic carbocycles. The third-order valence-electron chi connectivity index (χ3n) is 0.780. The van der Waals surface area contributed by atoms with E-state index in [-0.39, 0.29) is 0 Å². The zero-order chi connectivity index (χ0) is 5.82. The Labute approximate surface area is 47.8 Å². The number of nitrogens with one attached hydrogen (secondary N) is 1. The number of aromatic nitrogens is 1. The van der Waals surface area contributed by atoms with Crippen LogP contribution in [0, 0.1) is 0 Å². The molecule has 0 unspecified atom stereocenters. The standard InChI is InChI=1S/C6H7NO/c1-2-8-6-4-3-5-7-6/h2-5,7H,1H2. The van der Waals surface area contributed by atoms with Gasteiger partial charge in [-0.05, 0) is 6.07 Å². The lowest BCUT2D eigenvalue weighted by atomic mass is 10.6. The fourth-order valence-corrected chi connectivity index (χ4v) is 0.477. The molecule has 1 rings (SSSR count). The molecule has 0 atom stereocenters. The molecule has 0 aromatic carbocycles. The number of aromatic amines is 1. The molecular formula is C6H7NO. The van der Waals surface area contributed by atoms with Gasteiger partial charge in [0.2, 0.25) is 0 Å². The van der Waals surface area contributed by atoms with Crippen molar-refractivity contribution in [1.29, 1.82) is 0 Å². The molecule has 0 bridgehead atoms. The molecular weight excluding hydrogens is 102 g/mol. The van der Waals surface area contributed by atoms with Crippen LogP contribution in [0.25, 0.3) is 0 Å². The maximum Gasteiger partial charge on any atom is 0.196 e. The summed E-state index contributed by atoms with van der Waals surface area (Å²) in [6.07, 6.45) is 3.17. The van der Waals surface area contributed by atoms with E-state index in [9.17, 15) is 0 Å². The van der Waals surface area contributed by atoms with Crippen LogP contribution in [0.1, 0.15) is 0 Å². The van der Waals surface area contributed by atoms with Crippen molar-refractivity contribution in [3.05, 3.63) is 31.2 Å². The van der Waals surface area contributed by atoms with Gasteiger partial charge in [0.1, 0.15) is 0 Å². The number of rotatable bonds is 2. The molecule has 0 amide bonds. The second kappa shape index (κ2) is 2.21. The number of H-pyrrole nitrogens is 1. The molecule has 1 aromatic rings. The molecule has 8 heavy (non-hydrogen) atoms. The van der Waals surface area contributed by atoms with Gasteiger partial charge in [-0.2, -0.15) is 0 Å². The quantitative estimate of drug-likeness (QED) is 0.572. The van der Waals surface area contributed by atoms with Crippen LogP contribution in [0.2, 0.25) is 0 Å². The highest BCUT2D eigenvalue weighted by Gasteiger charge is 1.83. The highest BCUT2D eigenvalue weighted by Crippen LogP contribution is 2.03. The zero-order valence-electron chi connectivity index (χ0n) is 4.42. The highest BCUT2D eigenvalue weighted by atomic mass is 16.5. The molecule has 0 spiro atoms. The van der Waals surface area contributed by atoms with E-state index in [1.807, 2.05) is 12.1 Å². The fraction of sp³-hybridized carbons (Fsp3) is 0. The molecule has 0 aliphatic rings. The molecule has 1 aromatic heterocycles. The predicted octanol–water partition coefficient (Wildman–Crippen LogP) is 1.54. The van der Waals surface area contributed by atoms with E-state index in [0.29, 0.717) is 0 Å². The topological polar surface area (TPSA) is 25.0 Å². The monoisotopic (exact) mass is 109 g/mol. The summed E-state index contributed by atoms with van der Waals surface area (Å²) >= 11 is 0. The van der Waals surface area contributed by atoms with Crippen LogP contribution in [0.15, 0.2) is 31.2 Å². The van der Waals surface area contributed by atoms with Crippen LogP contribution in [-0.4, -0.2) is 4.98 Å². The van der Waals surface area contributed by atoms with Gasteiger partial charge in [0.25, 0.3) is 0 Å². The minimum Gasteiger partial charge on any atom is -0.449 e. The summed E-state index contributed by atoms with van der Waals surface area (Å²) in [6.45, 7) is 3.39. The van der Waals surface area contributed by atoms with Crippen molar-refractivity contribution < 1.29 is 4.74 Å². The average Bonchev–Trinajstić information content (AvgIpc) is 2.19. The van der Waals surface area contributed by atoms with E-state index < -0.39 is 0 Å². The second-order valence-corrected chi connectivity index (χ2v) is 1.32. The van der Waals surface area contributed by atoms with Gasteiger partial charge in [0.15, 0.2) is 5.88 Å². The third-order valence-corrected chi connectivity index (χ3v) is 0.780. The normalized spacial score (nSPS) is 8.50. The Kier molecular flexibility index (Phi) is 1.37. The van der Waals surface area contributed by atoms with E-state index >= 15 is 0 Å². The number of hydrogen-bond donors (Lipinski definition) is 1. The summed E-state index contributed by atoms with van der Waals surface area (Å²) in [5.74, 6) is 0.722. The minimum absolute atomic E-state index is 0.722. The van der Waals surface area contributed by atoms with Gasteiger partial charge in [0.05, 0.1) is 6.26 Å². The Morgan fingerprint density at radius 3 is 3.12 bits per heavy atom. The molecule has 0 fully saturated rings. The number of ether oxygens (including phenoxy) is 1. The first kappa shape index (κ1) is 4.97. The lowest BCUT2D eigenvalue weighted by molar-refractivity contribution is 0.466. The van der Waals surface area contributed by atoms with Gasteiger partial charge in [-0.25, -0.2) is 0 Å². The van der Waals surface area contributed by atoms with Crippen molar-refractivity contribution in [3.63, 3.8) is 0 Å². The summed E-state index contributed by atoms with van der Waals surface area (Å²) in [5.41, 5.74) is 0. The van der Waals surface area contributed by atoms with E-state index in [4.69, 9.17) is 4.74 Å². The van der Waals surface area contributed by atoms with Crippen molar-refractivity contribution >= 4 is 0 Å². The van der Waals surface area contributed by atoms with Crippen molar-refractivity contribution in [2.24, 2.45) is 0 Å². The molecule has 42 valence electrons. The van der Waals surface area contributed by atoms with Crippen molar-refractivity contribution in [2.45, 2.75) is 0 Å². The lowest BCUT2D eigenvalue weighted by Gasteiger charge is -1.89. The average molecular weight is 109 g/mol. The maximum absolute atomic E-state index is 4.85. The minimum atomic E-state index is 0.722. The first-order valence-electron chi connectivity index (χ1n) is 2.34. The second-order valence-electron chi connectivity index (χ2n) is 1.32. The Morgan fingerprint density at radius 2 is 2.62 bits per heavy atom. The molecule has 1 heterocycles. The van der Waals surface area contributed by atoms with Crippen molar-refractivity contribution in [2.75, 3.05) is 0 Å². The molecule has 0 saturated carbocycles. The smallest absolute Gasteiger partial charge is 0.196 e. The maximum atomic E-state index is 4.85. The number of hydrogen-bond acceptors (Lipinski definition) is 1. The predicted molar refractivity (Wildman–Crippen MR) is 31.6 cm³/mol. The van der Waals surface area contributed by atoms with Gasteiger partial charge < -0.3 is 9.72 Å².